The summed E-state index contributed by atoms with van der Waals surface area (Å²) in [5.74, 6) is -0.369. The summed E-state index contributed by atoms with van der Waals surface area (Å²) in [6.45, 7) is 0.998. The molecule has 1 saturated heterocycles. The first-order valence-electron chi connectivity index (χ1n) is 8.98. The molecule has 3 aromatic rings. The summed E-state index contributed by atoms with van der Waals surface area (Å²) in [5.41, 5.74) is 1.42. The molecule has 0 spiro atoms. The van der Waals surface area contributed by atoms with Gasteiger partial charge in [-0.1, -0.05) is 42.3 Å². The third-order valence-corrected chi connectivity index (χ3v) is 8.06. The average molecular weight is 437 g/mol. The molecule has 0 unspecified atom stereocenters. The molecule has 2 aromatic carbocycles. The Morgan fingerprint density at radius 2 is 1.54 bits per heavy atom. The quantitative estimate of drug-likeness (QED) is 0.546. The SMILES string of the molecule is O=S(=O)(c1nc(-c2ccc(Cl)cc2)sc1-c1ccc(F)cc1)N1CCCCC1. The lowest BCUT2D eigenvalue weighted by molar-refractivity contribution is 0.346. The topological polar surface area (TPSA) is 50.3 Å². The first-order valence-corrected chi connectivity index (χ1v) is 11.6. The molecule has 0 amide bonds. The van der Waals surface area contributed by atoms with E-state index in [9.17, 15) is 12.8 Å². The summed E-state index contributed by atoms with van der Waals surface area (Å²) in [6, 6.07) is 12.9. The molecular formula is C20H18ClFN2O2S2. The maximum Gasteiger partial charge on any atom is 0.262 e. The zero-order chi connectivity index (χ0) is 19.7. The van der Waals surface area contributed by atoms with Crippen LogP contribution in [0.3, 0.4) is 0 Å². The molecule has 0 N–H and O–H groups in total. The lowest BCUT2D eigenvalue weighted by atomic mass is 10.2. The Labute approximate surface area is 172 Å². The van der Waals surface area contributed by atoms with Crippen LogP contribution in [-0.2, 0) is 10.0 Å². The third kappa shape index (κ3) is 3.85. The van der Waals surface area contributed by atoms with E-state index >= 15 is 0 Å². The predicted octanol–water partition coefficient (Wildman–Crippen LogP) is 5.44. The Morgan fingerprint density at radius 1 is 0.929 bits per heavy atom. The summed E-state index contributed by atoms with van der Waals surface area (Å²) in [5, 5.41) is 1.22. The molecule has 1 fully saturated rings. The lowest BCUT2D eigenvalue weighted by Crippen LogP contribution is -2.36. The first kappa shape index (κ1) is 19.5. The van der Waals surface area contributed by atoms with E-state index in [0.717, 1.165) is 24.8 Å². The number of piperidine rings is 1. The monoisotopic (exact) mass is 436 g/mol. The highest BCUT2D eigenvalue weighted by Crippen LogP contribution is 2.39. The highest BCUT2D eigenvalue weighted by molar-refractivity contribution is 7.89. The van der Waals surface area contributed by atoms with Crippen molar-refractivity contribution in [1.29, 1.82) is 0 Å². The van der Waals surface area contributed by atoms with Crippen LogP contribution in [0.25, 0.3) is 21.0 Å². The molecule has 0 aliphatic carbocycles. The van der Waals surface area contributed by atoms with Crippen molar-refractivity contribution in [3.8, 4) is 21.0 Å². The van der Waals surface area contributed by atoms with Crippen molar-refractivity contribution < 1.29 is 12.8 Å². The molecule has 146 valence electrons. The van der Waals surface area contributed by atoms with E-state index in [2.05, 4.69) is 4.98 Å². The second kappa shape index (κ2) is 7.91. The van der Waals surface area contributed by atoms with Gasteiger partial charge in [-0.15, -0.1) is 11.3 Å². The van der Waals surface area contributed by atoms with Crippen LogP contribution in [0, 0.1) is 5.82 Å². The summed E-state index contributed by atoms with van der Waals surface area (Å²) in [6.07, 6.45) is 2.72. The number of hydrogen-bond acceptors (Lipinski definition) is 4. The molecule has 8 heteroatoms. The van der Waals surface area contributed by atoms with Gasteiger partial charge in [-0.05, 0) is 42.7 Å². The maximum atomic E-state index is 13.4. The third-order valence-electron chi connectivity index (χ3n) is 4.69. The summed E-state index contributed by atoms with van der Waals surface area (Å²) >= 11 is 7.25. The van der Waals surface area contributed by atoms with E-state index in [-0.39, 0.29) is 10.8 Å². The van der Waals surface area contributed by atoms with E-state index in [1.807, 2.05) is 12.1 Å². The minimum Gasteiger partial charge on any atom is -0.222 e. The summed E-state index contributed by atoms with van der Waals surface area (Å²) in [7, 11) is -3.73. The smallest absolute Gasteiger partial charge is 0.222 e. The molecule has 0 radical (unpaired) electrons. The number of halogens is 2. The van der Waals surface area contributed by atoms with E-state index in [1.165, 1.54) is 27.8 Å². The van der Waals surface area contributed by atoms with Crippen LogP contribution in [0.15, 0.2) is 53.6 Å². The van der Waals surface area contributed by atoms with E-state index in [1.54, 1.807) is 24.3 Å². The summed E-state index contributed by atoms with van der Waals surface area (Å²) < 4.78 is 41.5. The van der Waals surface area contributed by atoms with Gasteiger partial charge in [0.1, 0.15) is 10.8 Å². The van der Waals surface area contributed by atoms with Crippen molar-refractivity contribution in [2.45, 2.75) is 24.3 Å². The van der Waals surface area contributed by atoms with Crippen molar-refractivity contribution in [1.82, 2.24) is 9.29 Å². The second-order valence-corrected chi connectivity index (χ2v) is 9.92. The number of thiazole rings is 1. The van der Waals surface area contributed by atoms with Crippen molar-refractivity contribution in [3.63, 3.8) is 0 Å². The fourth-order valence-electron chi connectivity index (χ4n) is 3.21. The maximum absolute atomic E-state index is 13.4. The molecule has 2 heterocycles. The van der Waals surface area contributed by atoms with Gasteiger partial charge in [-0.2, -0.15) is 4.31 Å². The second-order valence-electron chi connectivity index (χ2n) is 6.63. The van der Waals surface area contributed by atoms with Gasteiger partial charge in [0.25, 0.3) is 10.0 Å². The predicted molar refractivity (Wildman–Crippen MR) is 111 cm³/mol. The molecule has 28 heavy (non-hydrogen) atoms. The summed E-state index contributed by atoms with van der Waals surface area (Å²) in [4.78, 5) is 5.03. The Kier molecular flexibility index (Phi) is 5.51. The fourth-order valence-corrected chi connectivity index (χ4v) is 6.35. The van der Waals surface area contributed by atoms with Crippen LogP contribution in [0.5, 0.6) is 0 Å². The molecular weight excluding hydrogens is 419 g/mol. The van der Waals surface area contributed by atoms with Gasteiger partial charge in [0, 0.05) is 23.7 Å². The minimum absolute atomic E-state index is 0.0379. The van der Waals surface area contributed by atoms with Crippen molar-refractivity contribution in [3.05, 3.63) is 59.4 Å². The molecule has 4 rings (SSSR count). The zero-order valence-electron chi connectivity index (χ0n) is 14.9. The van der Waals surface area contributed by atoms with Gasteiger partial charge in [-0.3, -0.25) is 0 Å². The molecule has 0 bridgehead atoms. The number of aromatic nitrogens is 1. The molecule has 0 saturated carbocycles. The van der Waals surface area contributed by atoms with Gasteiger partial charge >= 0.3 is 0 Å². The Bertz CT molecular complexity index is 1070. The Hall–Kier alpha value is -1.80. The van der Waals surface area contributed by atoms with Gasteiger partial charge in [0.2, 0.25) is 0 Å². The first-order chi connectivity index (χ1) is 13.4. The highest BCUT2D eigenvalue weighted by Gasteiger charge is 2.32. The van der Waals surface area contributed by atoms with Crippen molar-refractivity contribution in [2.75, 3.05) is 13.1 Å². The van der Waals surface area contributed by atoms with Crippen LogP contribution in [0.4, 0.5) is 4.39 Å². The standard InChI is InChI=1S/C20H18ClFN2O2S2/c21-16-8-4-15(5-9-16)19-23-20(28(25,26)24-12-2-1-3-13-24)18(27-19)14-6-10-17(22)11-7-14/h4-11H,1-3,12-13H2. The molecule has 4 nitrogen and oxygen atoms in total. The zero-order valence-corrected chi connectivity index (χ0v) is 17.3. The van der Waals surface area contributed by atoms with E-state index in [4.69, 9.17) is 11.6 Å². The largest absolute Gasteiger partial charge is 0.262 e. The molecule has 1 aliphatic heterocycles. The number of rotatable bonds is 4. The van der Waals surface area contributed by atoms with Gasteiger partial charge < -0.3 is 0 Å². The molecule has 1 aromatic heterocycles. The van der Waals surface area contributed by atoms with Crippen LogP contribution >= 0.6 is 22.9 Å². The Balaban J connectivity index is 1.85. The average Bonchev–Trinajstić information content (AvgIpc) is 3.16. The number of benzene rings is 2. The van der Waals surface area contributed by atoms with Crippen LogP contribution in [0.2, 0.25) is 5.02 Å². The van der Waals surface area contributed by atoms with Crippen LogP contribution < -0.4 is 0 Å². The molecule has 0 atom stereocenters. The molecule has 1 aliphatic rings. The van der Waals surface area contributed by atoms with Crippen molar-refractivity contribution >= 4 is 33.0 Å². The van der Waals surface area contributed by atoms with E-state index < -0.39 is 10.0 Å². The van der Waals surface area contributed by atoms with Gasteiger partial charge in [-0.25, -0.2) is 17.8 Å². The minimum atomic E-state index is -3.73. The highest BCUT2D eigenvalue weighted by atomic mass is 35.5. The number of nitrogens with zero attached hydrogens (tertiary/aromatic N) is 2. The van der Waals surface area contributed by atoms with Crippen molar-refractivity contribution in [2.24, 2.45) is 0 Å². The lowest BCUT2D eigenvalue weighted by Gasteiger charge is -2.25. The van der Waals surface area contributed by atoms with Crippen LogP contribution in [-0.4, -0.2) is 30.8 Å². The van der Waals surface area contributed by atoms with E-state index in [0.29, 0.717) is 33.6 Å². The van der Waals surface area contributed by atoms with Gasteiger partial charge in [0.15, 0.2) is 5.03 Å². The number of sulfonamides is 1. The fraction of sp³-hybridized carbons (Fsp3) is 0.250. The number of hydrogen-bond donors (Lipinski definition) is 0. The van der Waals surface area contributed by atoms with Gasteiger partial charge in [0.05, 0.1) is 4.88 Å². The Morgan fingerprint density at radius 3 is 2.18 bits per heavy atom. The normalized spacial score (nSPS) is 15.6. The van der Waals surface area contributed by atoms with Crippen LogP contribution in [0.1, 0.15) is 19.3 Å².